The summed E-state index contributed by atoms with van der Waals surface area (Å²) in [5.41, 5.74) is -2.72. The Balaban J connectivity index is 1.31. The van der Waals surface area contributed by atoms with E-state index in [9.17, 15) is 28.5 Å². The first-order valence-corrected chi connectivity index (χ1v) is 16.5. The maximum atomic E-state index is 15.3. The molecule has 0 bridgehead atoms. The third-order valence-corrected chi connectivity index (χ3v) is 12.8. The molecule has 1 saturated heterocycles. The van der Waals surface area contributed by atoms with Gasteiger partial charge in [0.2, 0.25) is 0 Å². The van der Waals surface area contributed by atoms with Crippen molar-refractivity contribution in [2.45, 2.75) is 119 Å². The molecular weight excluding hydrogens is 595 g/mol. The van der Waals surface area contributed by atoms with Crippen LogP contribution in [0.1, 0.15) is 102 Å². The molecule has 5 fully saturated rings. The first kappa shape index (κ1) is 32.0. The number of aliphatic hydroxyl groups is 3. The molecule has 250 valence electrons. The number of aliphatic hydroxyl groups excluding tert-OH is 1. The fraction of sp³-hybridized carbons (Fsp3) is 0.771. The lowest BCUT2D eigenvalue weighted by Crippen LogP contribution is -2.65. The Morgan fingerprint density at radius 3 is 2.11 bits per heavy atom. The van der Waals surface area contributed by atoms with Crippen LogP contribution in [0.5, 0.6) is 0 Å². The zero-order valence-electron chi connectivity index (χ0n) is 26.2. The highest BCUT2D eigenvalue weighted by Crippen LogP contribution is 2.71. The molecule has 8 atom stereocenters. The van der Waals surface area contributed by atoms with E-state index in [0.29, 0.717) is 38.9 Å². The van der Waals surface area contributed by atoms with Gasteiger partial charge in [-0.1, -0.05) is 50.6 Å². The van der Waals surface area contributed by atoms with Crippen LogP contribution in [-0.4, -0.2) is 64.2 Å². The lowest BCUT2D eigenvalue weighted by Gasteiger charge is -2.59. The third kappa shape index (κ3) is 4.62. The molecule has 5 nitrogen and oxygen atoms in total. The van der Waals surface area contributed by atoms with Gasteiger partial charge in [-0.15, -0.1) is 0 Å². The maximum Gasteiger partial charge on any atom is 0.456 e. The van der Waals surface area contributed by atoms with Crippen molar-refractivity contribution in [3.05, 3.63) is 46.5 Å². The highest BCUT2D eigenvalue weighted by Gasteiger charge is 2.79. The highest BCUT2D eigenvalue weighted by atomic mass is 19.4. The van der Waals surface area contributed by atoms with Gasteiger partial charge in [0, 0.05) is 36.2 Å². The van der Waals surface area contributed by atoms with Crippen LogP contribution in [0.15, 0.2) is 35.4 Å². The van der Waals surface area contributed by atoms with Gasteiger partial charge in [-0.05, 0) is 85.3 Å². The van der Waals surface area contributed by atoms with E-state index in [1.165, 1.54) is 6.92 Å². The van der Waals surface area contributed by atoms with E-state index >= 15 is 8.78 Å². The second-order valence-electron chi connectivity index (χ2n) is 16.1. The lowest BCUT2D eigenvalue weighted by molar-refractivity contribution is -0.362. The Hall–Kier alpha value is -1.59. The average Bonchev–Trinajstić information content (AvgIpc) is 3.71. The van der Waals surface area contributed by atoms with E-state index in [1.54, 1.807) is 0 Å². The SMILES string of the molecule is CC1(C)COC2(CCC3=C4C(CCC3(O)C2)C2CCC(O)(C(F)(F)C(F)(F)F)[C@@]2(C)C[C@@H]4c2ccc([C@H]3C[C@@H]3CO)cc2)OC1. The molecule has 0 aromatic heterocycles. The summed E-state index contributed by atoms with van der Waals surface area (Å²) in [6, 6.07) is 7.77. The molecule has 0 radical (unpaired) electrons. The number of ether oxygens (including phenoxy) is 2. The zero-order valence-corrected chi connectivity index (χ0v) is 26.2. The first-order chi connectivity index (χ1) is 20.9. The Morgan fingerprint density at radius 2 is 1.51 bits per heavy atom. The summed E-state index contributed by atoms with van der Waals surface area (Å²) in [6.07, 6.45) is -3.69. The minimum Gasteiger partial charge on any atom is -0.396 e. The predicted molar refractivity (Wildman–Crippen MR) is 155 cm³/mol. The maximum absolute atomic E-state index is 15.3. The van der Waals surface area contributed by atoms with Crippen molar-refractivity contribution in [2.75, 3.05) is 19.8 Å². The first-order valence-electron chi connectivity index (χ1n) is 16.5. The number of hydrogen-bond acceptors (Lipinski definition) is 5. The van der Waals surface area contributed by atoms with Crippen LogP contribution in [0.2, 0.25) is 0 Å². The lowest BCUT2D eigenvalue weighted by atomic mass is 9.49. The van der Waals surface area contributed by atoms with Crippen molar-refractivity contribution in [3.63, 3.8) is 0 Å². The summed E-state index contributed by atoms with van der Waals surface area (Å²) >= 11 is 0. The Morgan fingerprint density at radius 1 is 0.867 bits per heavy atom. The van der Waals surface area contributed by atoms with Crippen LogP contribution < -0.4 is 0 Å². The van der Waals surface area contributed by atoms with Crippen LogP contribution in [0.25, 0.3) is 0 Å². The van der Waals surface area contributed by atoms with Gasteiger partial charge in [-0.25, -0.2) is 0 Å². The molecule has 3 N–H and O–H groups in total. The van der Waals surface area contributed by atoms with E-state index in [2.05, 4.69) is 13.8 Å². The standard InChI is InChI=1S/C35H45F5O5/c1-29(2)18-44-32(45-19-29)12-9-27-28-23(8-11-31(27,42)17-32)26-10-13-33(43,34(36,37)35(38,39)40)30(26,3)15-25(28)21-6-4-20(5-7-21)24-14-22(24)16-41/h4-7,22-26,41-43H,8-19H2,1-3H3/t22-,23?,24-,25-,26?,30+,31?,33?/m1/s1. The Labute approximate surface area is 261 Å². The number of rotatable bonds is 4. The second-order valence-corrected chi connectivity index (χ2v) is 16.1. The summed E-state index contributed by atoms with van der Waals surface area (Å²) in [4.78, 5) is 0. The summed E-state index contributed by atoms with van der Waals surface area (Å²) in [6.45, 7) is 6.65. The van der Waals surface area contributed by atoms with E-state index in [1.807, 2.05) is 24.3 Å². The summed E-state index contributed by atoms with van der Waals surface area (Å²) in [7, 11) is 0. The van der Waals surface area contributed by atoms with Gasteiger partial charge in [0.05, 0.1) is 18.8 Å². The van der Waals surface area contributed by atoms with Crippen LogP contribution in [0, 0.1) is 28.6 Å². The van der Waals surface area contributed by atoms with E-state index in [-0.39, 0.29) is 49.0 Å². The molecule has 7 rings (SSSR count). The van der Waals surface area contributed by atoms with Crippen molar-refractivity contribution in [2.24, 2.45) is 28.6 Å². The Bertz CT molecular complexity index is 1360. The van der Waals surface area contributed by atoms with Crippen molar-refractivity contribution >= 4 is 0 Å². The second kappa shape index (κ2) is 9.97. The molecule has 0 amide bonds. The molecule has 1 heterocycles. The molecule has 4 saturated carbocycles. The predicted octanol–water partition coefficient (Wildman–Crippen LogP) is 7.01. The van der Waals surface area contributed by atoms with Crippen LogP contribution in [-0.2, 0) is 9.47 Å². The van der Waals surface area contributed by atoms with Crippen LogP contribution >= 0.6 is 0 Å². The molecule has 1 aromatic rings. The number of halogens is 5. The minimum atomic E-state index is -5.89. The molecule has 4 unspecified atom stereocenters. The summed E-state index contributed by atoms with van der Waals surface area (Å²) in [5, 5.41) is 33.4. The van der Waals surface area contributed by atoms with Crippen LogP contribution in [0.3, 0.4) is 0 Å². The van der Waals surface area contributed by atoms with Gasteiger partial charge < -0.3 is 24.8 Å². The molecule has 6 aliphatic rings. The number of allylic oxidation sites excluding steroid dienone is 1. The smallest absolute Gasteiger partial charge is 0.396 e. The molecule has 1 aromatic carbocycles. The largest absolute Gasteiger partial charge is 0.456 e. The fourth-order valence-electron chi connectivity index (χ4n) is 10.1. The summed E-state index contributed by atoms with van der Waals surface area (Å²) < 4.78 is 84.9. The molecule has 5 aliphatic carbocycles. The van der Waals surface area contributed by atoms with Crippen LogP contribution in [0.4, 0.5) is 22.0 Å². The van der Waals surface area contributed by atoms with E-state index in [4.69, 9.17) is 9.47 Å². The third-order valence-electron chi connectivity index (χ3n) is 12.8. The Kier molecular flexibility index (Phi) is 7.09. The molecule has 45 heavy (non-hydrogen) atoms. The van der Waals surface area contributed by atoms with E-state index in [0.717, 1.165) is 28.7 Å². The van der Waals surface area contributed by atoms with Gasteiger partial charge in [-0.3, -0.25) is 0 Å². The number of benzene rings is 1. The molecule has 10 heteroatoms. The average molecular weight is 641 g/mol. The molecule has 1 spiro atoms. The number of fused-ring (bicyclic) bond motifs is 4. The van der Waals surface area contributed by atoms with Gasteiger partial charge in [0.1, 0.15) is 5.60 Å². The van der Waals surface area contributed by atoms with Crippen molar-refractivity contribution in [1.82, 2.24) is 0 Å². The number of hydrogen-bond donors (Lipinski definition) is 3. The van der Waals surface area contributed by atoms with Crippen molar-refractivity contribution in [1.29, 1.82) is 0 Å². The van der Waals surface area contributed by atoms with Gasteiger partial charge in [0.25, 0.3) is 0 Å². The van der Waals surface area contributed by atoms with Crippen molar-refractivity contribution in [3.8, 4) is 0 Å². The minimum absolute atomic E-state index is 0.0552. The van der Waals surface area contributed by atoms with E-state index < -0.39 is 52.8 Å². The fourth-order valence-corrected chi connectivity index (χ4v) is 10.1. The monoisotopic (exact) mass is 640 g/mol. The normalized spacial score (nSPS) is 42.2. The zero-order chi connectivity index (χ0) is 32.4. The molecule has 1 aliphatic heterocycles. The highest BCUT2D eigenvalue weighted by molar-refractivity contribution is 5.45. The van der Waals surface area contributed by atoms with Gasteiger partial charge in [-0.2, -0.15) is 22.0 Å². The topological polar surface area (TPSA) is 79.2 Å². The van der Waals surface area contributed by atoms with Gasteiger partial charge >= 0.3 is 12.1 Å². The van der Waals surface area contributed by atoms with Crippen molar-refractivity contribution < 1.29 is 46.7 Å². The molecular formula is C35H45F5O5. The van der Waals surface area contributed by atoms with Gasteiger partial charge in [0.15, 0.2) is 5.79 Å². The quantitative estimate of drug-likeness (QED) is 0.244. The number of alkyl halides is 5. The summed E-state index contributed by atoms with van der Waals surface area (Å²) in [5.74, 6) is -7.22.